The number of piperazine rings is 1. The fourth-order valence-electron chi connectivity index (χ4n) is 4.24. The highest BCUT2D eigenvalue weighted by Gasteiger charge is 2.30. The normalized spacial score (nSPS) is 13.5. The molecule has 1 aliphatic heterocycles. The Morgan fingerprint density at radius 3 is 1.77 bits per heavy atom. The van der Waals surface area contributed by atoms with Gasteiger partial charge in [-0.05, 0) is 44.0 Å². The third-order valence-corrected chi connectivity index (χ3v) is 6.16. The summed E-state index contributed by atoms with van der Waals surface area (Å²) in [6.07, 6.45) is -0.372. The van der Waals surface area contributed by atoms with Crippen LogP contribution in [-0.4, -0.2) is 54.7 Å². The first kappa shape index (κ1) is 27.7. The first-order valence-electron chi connectivity index (χ1n) is 13.0. The van der Waals surface area contributed by atoms with E-state index < -0.39 is 17.5 Å². The van der Waals surface area contributed by atoms with Crippen molar-refractivity contribution in [2.24, 2.45) is 0 Å². The van der Waals surface area contributed by atoms with E-state index in [1.165, 1.54) is 0 Å². The first-order chi connectivity index (χ1) is 18.7. The van der Waals surface area contributed by atoms with Crippen molar-refractivity contribution in [3.63, 3.8) is 0 Å². The number of hydrogen-bond acceptors (Lipinski definition) is 7. The summed E-state index contributed by atoms with van der Waals surface area (Å²) in [5.41, 5.74) is 1.94. The molecule has 39 heavy (non-hydrogen) atoms. The summed E-state index contributed by atoms with van der Waals surface area (Å²) in [4.78, 5) is 42.8. The molecule has 0 bridgehead atoms. The lowest BCUT2D eigenvalue weighted by Crippen LogP contribution is -2.50. The maximum atomic E-state index is 13.5. The van der Waals surface area contributed by atoms with Gasteiger partial charge in [-0.25, -0.2) is 14.4 Å². The van der Waals surface area contributed by atoms with Crippen molar-refractivity contribution in [2.45, 2.75) is 39.6 Å². The molecule has 0 spiro atoms. The smallest absolute Gasteiger partial charge is 0.410 e. The Morgan fingerprint density at radius 1 is 0.692 bits per heavy atom. The van der Waals surface area contributed by atoms with Crippen LogP contribution in [0.2, 0.25) is 0 Å². The lowest BCUT2D eigenvalue weighted by Gasteiger charge is -2.37. The van der Waals surface area contributed by atoms with Gasteiger partial charge in [-0.2, -0.15) is 0 Å². The number of anilines is 1. The number of esters is 2. The molecule has 0 N–H and O–H groups in total. The van der Waals surface area contributed by atoms with E-state index in [4.69, 9.17) is 14.2 Å². The molecule has 3 aromatic carbocycles. The summed E-state index contributed by atoms with van der Waals surface area (Å²) in [6.45, 7) is 7.38. The number of rotatable bonds is 7. The van der Waals surface area contributed by atoms with Gasteiger partial charge in [0.05, 0.1) is 16.8 Å². The standard InChI is InChI=1S/C31H34N2O6/c1-31(2,3)39-30(36)33-19-17-32(18-20-33)26-16-10-15-25(28(34)37-21-23-11-6-4-7-12-23)27(26)29(35)38-22-24-13-8-5-9-14-24/h4-16H,17-22H2,1-3H3. The average molecular weight is 531 g/mol. The third kappa shape index (κ3) is 7.60. The quantitative estimate of drug-likeness (QED) is 0.296. The molecule has 1 amide bonds. The van der Waals surface area contributed by atoms with E-state index in [-0.39, 0.29) is 30.4 Å². The predicted octanol–water partition coefficient (Wildman–Crippen LogP) is 5.46. The number of nitrogens with zero attached hydrogens (tertiary/aromatic N) is 2. The van der Waals surface area contributed by atoms with Gasteiger partial charge in [0.15, 0.2) is 0 Å². The van der Waals surface area contributed by atoms with E-state index in [9.17, 15) is 14.4 Å². The van der Waals surface area contributed by atoms with Crippen LogP contribution in [0.3, 0.4) is 0 Å². The van der Waals surface area contributed by atoms with Crippen LogP contribution in [0.15, 0.2) is 78.9 Å². The molecule has 8 nitrogen and oxygen atoms in total. The summed E-state index contributed by atoms with van der Waals surface area (Å²) < 4.78 is 16.7. The molecule has 1 saturated heterocycles. The van der Waals surface area contributed by atoms with Gasteiger partial charge >= 0.3 is 18.0 Å². The van der Waals surface area contributed by atoms with Gasteiger partial charge in [0.1, 0.15) is 18.8 Å². The van der Waals surface area contributed by atoms with Crippen LogP contribution in [0.5, 0.6) is 0 Å². The minimum Gasteiger partial charge on any atom is -0.457 e. The second-order valence-corrected chi connectivity index (χ2v) is 10.3. The molecule has 0 radical (unpaired) electrons. The second-order valence-electron chi connectivity index (χ2n) is 10.3. The molecule has 4 rings (SSSR count). The Labute approximate surface area is 229 Å². The van der Waals surface area contributed by atoms with Crippen molar-refractivity contribution in [3.05, 3.63) is 101 Å². The van der Waals surface area contributed by atoms with Crippen LogP contribution < -0.4 is 4.90 Å². The Kier molecular flexibility index (Phi) is 8.86. The highest BCUT2D eigenvalue weighted by atomic mass is 16.6. The molecule has 0 atom stereocenters. The topological polar surface area (TPSA) is 85.4 Å². The largest absolute Gasteiger partial charge is 0.457 e. The van der Waals surface area contributed by atoms with Gasteiger partial charge in [-0.1, -0.05) is 66.7 Å². The third-order valence-electron chi connectivity index (χ3n) is 6.16. The zero-order valence-electron chi connectivity index (χ0n) is 22.6. The lowest BCUT2D eigenvalue weighted by molar-refractivity contribution is 0.0239. The van der Waals surface area contributed by atoms with Gasteiger partial charge in [-0.15, -0.1) is 0 Å². The number of carbonyl (C=O) groups excluding carboxylic acids is 3. The van der Waals surface area contributed by atoms with E-state index in [1.54, 1.807) is 23.1 Å². The van der Waals surface area contributed by atoms with Crippen LogP contribution in [0.4, 0.5) is 10.5 Å². The minimum atomic E-state index is -0.615. The van der Waals surface area contributed by atoms with Gasteiger partial charge in [0.25, 0.3) is 0 Å². The van der Waals surface area contributed by atoms with Crippen molar-refractivity contribution < 1.29 is 28.6 Å². The molecule has 1 fully saturated rings. The van der Waals surface area contributed by atoms with Crippen molar-refractivity contribution in [2.75, 3.05) is 31.1 Å². The second kappa shape index (κ2) is 12.5. The van der Waals surface area contributed by atoms with Gasteiger partial charge in [-0.3, -0.25) is 0 Å². The highest BCUT2D eigenvalue weighted by Crippen LogP contribution is 2.28. The Hall–Kier alpha value is -4.33. The number of carbonyl (C=O) groups is 3. The highest BCUT2D eigenvalue weighted by molar-refractivity contribution is 6.07. The van der Waals surface area contributed by atoms with E-state index in [0.717, 1.165) is 11.1 Å². The van der Waals surface area contributed by atoms with Gasteiger partial charge in [0.2, 0.25) is 0 Å². The van der Waals surface area contributed by atoms with E-state index in [1.807, 2.05) is 86.3 Å². The summed E-state index contributed by atoms with van der Waals surface area (Å²) in [5.74, 6) is -1.23. The summed E-state index contributed by atoms with van der Waals surface area (Å²) in [7, 11) is 0. The number of hydrogen-bond donors (Lipinski definition) is 0. The molecular weight excluding hydrogens is 496 g/mol. The van der Waals surface area contributed by atoms with Crippen LogP contribution in [-0.2, 0) is 27.4 Å². The maximum Gasteiger partial charge on any atom is 0.410 e. The van der Waals surface area contributed by atoms with Crippen molar-refractivity contribution in [1.29, 1.82) is 0 Å². The van der Waals surface area contributed by atoms with Crippen molar-refractivity contribution in [1.82, 2.24) is 4.90 Å². The van der Waals surface area contributed by atoms with Gasteiger partial charge < -0.3 is 24.0 Å². The molecule has 0 unspecified atom stereocenters. The Bertz CT molecular complexity index is 1280. The number of amides is 1. The predicted molar refractivity (Wildman–Crippen MR) is 148 cm³/mol. The summed E-state index contributed by atoms with van der Waals surface area (Å²) in [6, 6.07) is 23.8. The van der Waals surface area contributed by atoms with Gasteiger partial charge in [0, 0.05) is 26.2 Å². The lowest BCUT2D eigenvalue weighted by atomic mass is 10.0. The summed E-state index contributed by atoms with van der Waals surface area (Å²) in [5, 5.41) is 0. The molecular formula is C31H34N2O6. The minimum absolute atomic E-state index is 0.0684. The van der Waals surface area contributed by atoms with Crippen molar-refractivity contribution >= 4 is 23.7 Å². The molecule has 0 aliphatic carbocycles. The van der Waals surface area contributed by atoms with Crippen LogP contribution in [0, 0.1) is 0 Å². The van der Waals surface area contributed by atoms with E-state index in [2.05, 4.69) is 0 Å². The van der Waals surface area contributed by atoms with E-state index in [0.29, 0.717) is 31.9 Å². The molecule has 8 heteroatoms. The molecule has 0 saturated carbocycles. The SMILES string of the molecule is CC(C)(C)OC(=O)N1CCN(c2cccc(C(=O)OCc3ccccc3)c2C(=O)OCc2ccccc2)CC1. The molecule has 3 aromatic rings. The zero-order chi connectivity index (χ0) is 27.8. The van der Waals surface area contributed by atoms with Crippen molar-refractivity contribution in [3.8, 4) is 0 Å². The fourth-order valence-corrected chi connectivity index (χ4v) is 4.24. The Morgan fingerprint density at radius 2 is 1.23 bits per heavy atom. The fraction of sp³-hybridized carbons (Fsp3) is 0.323. The van der Waals surface area contributed by atoms with Crippen LogP contribution >= 0.6 is 0 Å². The Balaban J connectivity index is 1.55. The van der Waals surface area contributed by atoms with E-state index >= 15 is 0 Å². The number of ether oxygens (including phenoxy) is 3. The molecule has 0 aromatic heterocycles. The van der Waals surface area contributed by atoms with Crippen LogP contribution in [0.1, 0.15) is 52.6 Å². The zero-order valence-corrected chi connectivity index (χ0v) is 22.6. The molecule has 1 aliphatic rings. The number of benzene rings is 3. The first-order valence-corrected chi connectivity index (χ1v) is 13.0. The monoisotopic (exact) mass is 530 g/mol. The summed E-state index contributed by atoms with van der Waals surface area (Å²) >= 11 is 0. The van der Waals surface area contributed by atoms with Crippen LogP contribution in [0.25, 0.3) is 0 Å². The average Bonchev–Trinajstić information content (AvgIpc) is 2.94. The maximum absolute atomic E-state index is 13.5. The molecule has 204 valence electrons. The molecule has 1 heterocycles.